The Morgan fingerprint density at radius 3 is 2.35 bits per heavy atom. The van der Waals surface area contributed by atoms with E-state index in [1.54, 1.807) is 7.11 Å². The number of aromatic nitrogens is 1. The number of nitrogens with one attached hydrogen (secondary N) is 1. The number of aryl methyl sites for hydroxylation is 1. The molecule has 0 saturated carbocycles. The van der Waals surface area contributed by atoms with Crippen molar-refractivity contribution >= 4 is 29.0 Å². The summed E-state index contributed by atoms with van der Waals surface area (Å²) in [5, 5.41) is 4.50. The third-order valence-electron chi connectivity index (χ3n) is 7.13. The molecule has 1 aliphatic heterocycles. The average Bonchev–Trinajstić information content (AvgIpc) is 3.59. The molecule has 4 aromatic rings. The molecule has 3 aromatic carbocycles. The Balaban J connectivity index is 1.41. The quantitative estimate of drug-likeness (QED) is 0.302. The number of halogens is 2. The van der Waals surface area contributed by atoms with Crippen molar-refractivity contribution < 1.29 is 4.74 Å². The van der Waals surface area contributed by atoms with E-state index in [9.17, 15) is 0 Å². The van der Waals surface area contributed by atoms with Crippen LogP contribution in [0, 0.1) is 0 Å². The summed E-state index contributed by atoms with van der Waals surface area (Å²) in [6, 6.07) is 22.4. The van der Waals surface area contributed by atoms with E-state index >= 15 is 0 Å². The van der Waals surface area contributed by atoms with E-state index in [1.165, 1.54) is 11.1 Å². The molecule has 6 rings (SSSR count). The molecule has 1 aliphatic carbocycles. The van der Waals surface area contributed by atoms with Crippen LogP contribution in [0.25, 0.3) is 33.5 Å². The normalized spacial score (nSPS) is 16.3. The van der Waals surface area contributed by atoms with E-state index in [-0.39, 0.29) is 6.04 Å². The second-order valence-corrected chi connectivity index (χ2v) is 10.1. The maximum absolute atomic E-state index is 7.03. The Labute approximate surface area is 226 Å². The number of aliphatic imine (C=N–C) groups is 1. The first-order valence-electron chi connectivity index (χ1n) is 12.4. The molecular weight excluding hydrogens is 503 g/mol. The highest BCUT2D eigenvalue weighted by atomic mass is 35.5. The molecule has 1 aromatic heterocycles. The SMILES string of the molecule is COc1nc(-c2cccc(-c3cccc(-c4ccc5c(c4)[C@H](N)CC5)c3Cl)c2Cl)ccc1C1=NCCN1. The first-order chi connectivity index (χ1) is 18.0. The minimum absolute atomic E-state index is 0.0791. The summed E-state index contributed by atoms with van der Waals surface area (Å²) < 4.78 is 5.59. The van der Waals surface area contributed by atoms with Gasteiger partial charge in [-0.1, -0.05) is 71.7 Å². The van der Waals surface area contributed by atoms with Gasteiger partial charge in [0.2, 0.25) is 5.88 Å². The molecule has 3 N–H and O–H groups in total. The Kier molecular flexibility index (Phi) is 6.37. The number of methoxy groups -OCH3 is 1. The fraction of sp³-hybridized carbons (Fsp3) is 0.200. The van der Waals surface area contributed by atoms with Crippen LogP contribution in [-0.4, -0.2) is 31.0 Å². The van der Waals surface area contributed by atoms with Gasteiger partial charge in [0.1, 0.15) is 5.84 Å². The smallest absolute Gasteiger partial charge is 0.224 e. The number of ether oxygens (including phenoxy) is 1. The molecule has 37 heavy (non-hydrogen) atoms. The molecule has 7 heteroatoms. The van der Waals surface area contributed by atoms with Crippen LogP contribution in [0.5, 0.6) is 5.88 Å². The van der Waals surface area contributed by atoms with E-state index in [4.69, 9.17) is 38.7 Å². The van der Waals surface area contributed by atoms with Crippen molar-refractivity contribution in [3.8, 4) is 39.4 Å². The second-order valence-electron chi connectivity index (χ2n) is 9.30. The number of amidine groups is 1. The molecule has 2 heterocycles. The summed E-state index contributed by atoms with van der Waals surface area (Å²) in [4.78, 5) is 9.25. The van der Waals surface area contributed by atoms with Gasteiger partial charge in [0.25, 0.3) is 0 Å². The molecule has 0 bridgehead atoms. The summed E-state index contributed by atoms with van der Waals surface area (Å²) in [5.41, 5.74) is 14.9. The third kappa shape index (κ3) is 4.27. The molecule has 186 valence electrons. The summed E-state index contributed by atoms with van der Waals surface area (Å²) >= 11 is 14.0. The summed E-state index contributed by atoms with van der Waals surface area (Å²) in [7, 11) is 1.61. The lowest BCUT2D eigenvalue weighted by atomic mass is 9.95. The van der Waals surface area contributed by atoms with Crippen molar-refractivity contribution in [3.63, 3.8) is 0 Å². The zero-order chi connectivity index (χ0) is 25.5. The fourth-order valence-electron chi connectivity index (χ4n) is 5.21. The van der Waals surface area contributed by atoms with Crippen molar-refractivity contribution in [1.82, 2.24) is 10.3 Å². The van der Waals surface area contributed by atoms with E-state index in [0.29, 0.717) is 21.6 Å². The molecule has 0 radical (unpaired) electrons. The Hall–Kier alpha value is -3.38. The zero-order valence-corrected chi connectivity index (χ0v) is 21.9. The number of benzene rings is 3. The highest BCUT2D eigenvalue weighted by Crippen LogP contribution is 2.43. The Morgan fingerprint density at radius 1 is 0.892 bits per heavy atom. The van der Waals surface area contributed by atoms with Gasteiger partial charge in [0.15, 0.2) is 0 Å². The molecular formula is C30H26Cl2N4O. The lowest BCUT2D eigenvalue weighted by molar-refractivity contribution is 0.397. The summed E-state index contributed by atoms with van der Waals surface area (Å²) in [6.07, 6.45) is 2.01. The maximum atomic E-state index is 7.03. The van der Waals surface area contributed by atoms with E-state index in [0.717, 1.165) is 65.1 Å². The van der Waals surface area contributed by atoms with Crippen LogP contribution < -0.4 is 15.8 Å². The summed E-state index contributed by atoms with van der Waals surface area (Å²) in [5.74, 6) is 1.30. The van der Waals surface area contributed by atoms with Crippen LogP contribution in [0.15, 0.2) is 71.7 Å². The third-order valence-corrected chi connectivity index (χ3v) is 7.94. The van der Waals surface area contributed by atoms with Gasteiger partial charge in [-0.3, -0.25) is 4.99 Å². The van der Waals surface area contributed by atoms with Crippen LogP contribution in [0.4, 0.5) is 0 Å². The molecule has 5 nitrogen and oxygen atoms in total. The van der Waals surface area contributed by atoms with Crippen LogP contribution in [-0.2, 0) is 6.42 Å². The van der Waals surface area contributed by atoms with Crippen molar-refractivity contribution in [2.24, 2.45) is 10.7 Å². The van der Waals surface area contributed by atoms with Gasteiger partial charge in [-0.15, -0.1) is 0 Å². The maximum Gasteiger partial charge on any atom is 0.224 e. The van der Waals surface area contributed by atoms with Crippen molar-refractivity contribution in [1.29, 1.82) is 0 Å². The van der Waals surface area contributed by atoms with Crippen LogP contribution >= 0.6 is 23.2 Å². The molecule has 0 saturated heterocycles. The van der Waals surface area contributed by atoms with E-state index < -0.39 is 0 Å². The minimum atomic E-state index is 0.0791. The van der Waals surface area contributed by atoms with Crippen molar-refractivity contribution in [2.75, 3.05) is 20.2 Å². The molecule has 0 spiro atoms. The van der Waals surface area contributed by atoms with Crippen LogP contribution in [0.2, 0.25) is 10.0 Å². The summed E-state index contributed by atoms with van der Waals surface area (Å²) in [6.45, 7) is 1.55. The predicted molar refractivity (Wildman–Crippen MR) is 152 cm³/mol. The Bertz CT molecular complexity index is 1550. The van der Waals surface area contributed by atoms with Crippen molar-refractivity contribution in [3.05, 3.63) is 93.5 Å². The highest BCUT2D eigenvalue weighted by Gasteiger charge is 2.22. The van der Waals surface area contributed by atoms with Gasteiger partial charge < -0.3 is 15.8 Å². The zero-order valence-electron chi connectivity index (χ0n) is 20.4. The highest BCUT2D eigenvalue weighted by molar-refractivity contribution is 6.39. The molecule has 2 aliphatic rings. The van der Waals surface area contributed by atoms with Crippen LogP contribution in [0.1, 0.15) is 29.2 Å². The van der Waals surface area contributed by atoms with E-state index in [2.05, 4.69) is 28.5 Å². The lowest BCUT2D eigenvalue weighted by Crippen LogP contribution is -2.20. The predicted octanol–water partition coefficient (Wildman–Crippen LogP) is 6.69. The van der Waals surface area contributed by atoms with Gasteiger partial charge in [-0.25, -0.2) is 4.98 Å². The Morgan fingerprint density at radius 2 is 1.62 bits per heavy atom. The standard InChI is InChI=1S/C30H26Cl2N4O/c1-37-30-23(29-34-14-15-35-29)11-13-26(36-30)22-7-3-6-21(28(22)32)20-5-2-4-19(27(20)31)18-9-8-17-10-12-25(33)24(17)16-18/h2-9,11,13,16,25H,10,12,14-15,33H2,1H3,(H,34,35)/t25-/m1/s1. The number of fused-ring (bicyclic) bond motifs is 1. The number of nitrogens with two attached hydrogens (primary N) is 1. The number of hydrogen-bond donors (Lipinski definition) is 2. The number of hydrogen-bond acceptors (Lipinski definition) is 5. The average molecular weight is 529 g/mol. The molecule has 0 amide bonds. The molecule has 0 unspecified atom stereocenters. The minimum Gasteiger partial charge on any atom is -0.480 e. The van der Waals surface area contributed by atoms with Gasteiger partial charge in [0.05, 0.1) is 35.0 Å². The van der Waals surface area contributed by atoms with Gasteiger partial charge >= 0.3 is 0 Å². The fourth-order valence-corrected chi connectivity index (χ4v) is 5.87. The van der Waals surface area contributed by atoms with Gasteiger partial charge in [-0.05, 0) is 47.7 Å². The number of pyridine rings is 1. The van der Waals surface area contributed by atoms with Crippen molar-refractivity contribution in [2.45, 2.75) is 18.9 Å². The first kappa shape index (κ1) is 24.0. The second kappa shape index (κ2) is 9.82. The first-order valence-corrected chi connectivity index (χ1v) is 13.1. The lowest BCUT2D eigenvalue weighted by Gasteiger charge is -2.15. The number of nitrogens with zero attached hydrogens (tertiary/aromatic N) is 2. The number of rotatable bonds is 5. The topological polar surface area (TPSA) is 72.5 Å². The largest absolute Gasteiger partial charge is 0.480 e. The van der Waals surface area contributed by atoms with E-state index in [1.807, 2.05) is 48.5 Å². The van der Waals surface area contributed by atoms with Crippen LogP contribution in [0.3, 0.4) is 0 Å². The monoisotopic (exact) mass is 528 g/mol. The molecule has 1 atom stereocenters. The van der Waals surface area contributed by atoms with Gasteiger partial charge in [0, 0.05) is 34.8 Å². The molecule has 0 fully saturated rings. The van der Waals surface area contributed by atoms with Gasteiger partial charge in [-0.2, -0.15) is 0 Å².